The highest BCUT2D eigenvalue weighted by atomic mass is 16.5. The van der Waals surface area contributed by atoms with E-state index >= 15 is 0 Å². The molecule has 0 saturated heterocycles. The van der Waals surface area contributed by atoms with Gasteiger partial charge in [-0.3, -0.25) is 4.79 Å². The SMILES string of the molecule is CCCNC(CCOC1CCCCC1C)C(=O)OC. The van der Waals surface area contributed by atoms with Crippen molar-refractivity contribution in [1.82, 2.24) is 5.32 Å². The third-order valence-corrected chi connectivity index (χ3v) is 3.90. The van der Waals surface area contributed by atoms with Gasteiger partial charge in [0.05, 0.1) is 13.2 Å². The molecular formula is C15H29NO3. The van der Waals surface area contributed by atoms with E-state index in [0.717, 1.165) is 19.4 Å². The van der Waals surface area contributed by atoms with Crippen LogP contribution in [0.4, 0.5) is 0 Å². The van der Waals surface area contributed by atoms with Gasteiger partial charge >= 0.3 is 5.97 Å². The third kappa shape index (κ3) is 5.91. The summed E-state index contributed by atoms with van der Waals surface area (Å²) in [7, 11) is 1.44. The van der Waals surface area contributed by atoms with Crippen LogP contribution in [0.25, 0.3) is 0 Å². The minimum Gasteiger partial charge on any atom is -0.468 e. The lowest BCUT2D eigenvalue weighted by Crippen LogP contribution is -2.39. The Labute approximate surface area is 117 Å². The van der Waals surface area contributed by atoms with Crippen molar-refractivity contribution in [3.63, 3.8) is 0 Å². The molecule has 1 rings (SSSR count). The number of nitrogens with one attached hydrogen (secondary N) is 1. The second-order valence-corrected chi connectivity index (χ2v) is 5.49. The average Bonchev–Trinajstić information content (AvgIpc) is 2.43. The van der Waals surface area contributed by atoms with Gasteiger partial charge in [0.25, 0.3) is 0 Å². The Bertz CT molecular complexity index is 258. The molecule has 0 aliphatic heterocycles. The number of hydrogen-bond acceptors (Lipinski definition) is 4. The van der Waals surface area contributed by atoms with Crippen molar-refractivity contribution in [2.45, 2.75) is 64.5 Å². The predicted molar refractivity (Wildman–Crippen MR) is 76.1 cm³/mol. The highest BCUT2D eigenvalue weighted by Crippen LogP contribution is 2.26. The largest absolute Gasteiger partial charge is 0.468 e. The second-order valence-electron chi connectivity index (χ2n) is 5.49. The number of carbonyl (C=O) groups is 1. The summed E-state index contributed by atoms with van der Waals surface area (Å²) in [5.41, 5.74) is 0. The first-order valence-corrected chi connectivity index (χ1v) is 7.61. The molecule has 3 unspecified atom stereocenters. The summed E-state index contributed by atoms with van der Waals surface area (Å²) < 4.78 is 10.8. The van der Waals surface area contributed by atoms with Gasteiger partial charge < -0.3 is 14.8 Å². The quantitative estimate of drug-likeness (QED) is 0.689. The highest BCUT2D eigenvalue weighted by Gasteiger charge is 2.23. The van der Waals surface area contributed by atoms with E-state index in [1.165, 1.54) is 26.4 Å². The number of carbonyl (C=O) groups excluding carboxylic acids is 1. The molecule has 4 nitrogen and oxygen atoms in total. The molecule has 1 fully saturated rings. The van der Waals surface area contributed by atoms with Crippen molar-refractivity contribution in [2.75, 3.05) is 20.3 Å². The molecule has 4 heteroatoms. The molecular weight excluding hydrogens is 242 g/mol. The van der Waals surface area contributed by atoms with Crippen LogP contribution in [0.5, 0.6) is 0 Å². The Hall–Kier alpha value is -0.610. The second kappa shape index (κ2) is 9.32. The molecule has 0 radical (unpaired) electrons. The summed E-state index contributed by atoms with van der Waals surface area (Å²) in [6.07, 6.45) is 7.08. The molecule has 0 amide bonds. The minimum absolute atomic E-state index is 0.186. The summed E-state index contributed by atoms with van der Waals surface area (Å²) in [6, 6.07) is -0.233. The molecule has 3 atom stereocenters. The fourth-order valence-corrected chi connectivity index (χ4v) is 2.63. The maximum Gasteiger partial charge on any atom is 0.322 e. The molecule has 0 heterocycles. The van der Waals surface area contributed by atoms with Crippen molar-refractivity contribution in [1.29, 1.82) is 0 Å². The number of esters is 1. The number of hydrogen-bond donors (Lipinski definition) is 1. The Morgan fingerprint density at radius 2 is 2.11 bits per heavy atom. The Morgan fingerprint density at radius 1 is 1.37 bits per heavy atom. The molecule has 0 spiro atoms. The van der Waals surface area contributed by atoms with Gasteiger partial charge in [0, 0.05) is 6.61 Å². The topological polar surface area (TPSA) is 47.6 Å². The van der Waals surface area contributed by atoms with Gasteiger partial charge in [-0.25, -0.2) is 0 Å². The fourth-order valence-electron chi connectivity index (χ4n) is 2.63. The first kappa shape index (κ1) is 16.4. The fraction of sp³-hybridized carbons (Fsp3) is 0.933. The molecule has 0 bridgehead atoms. The molecule has 0 aromatic carbocycles. The molecule has 1 N–H and O–H groups in total. The van der Waals surface area contributed by atoms with Crippen molar-refractivity contribution < 1.29 is 14.3 Å². The van der Waals surface area contributed by atoms with E-state index in [4.69, 9.17) is 9.47 Å². The Balaban J connectivity index is 2.28. The van der Waals surface area contributed by atoms with Crippen LogP contribution in [0, 0.1) is 5.92 Å². The lowest BCUT2D eigenvalue weighted by molar-refractivity contribution is -0.144. The Morgan fingerprint density at radius 3 is 2.74 bits per heavy atom. The van der Waals surface area contributed by atoms with E-state index in [9.17, 15) is 4.79 Å². The molecule has 1 aliphatic carbocycles. The van der Waals surface area contributed by atoms with Crippen LogP contribution in [0.3, 0.4) is 0 Å². The molecule has 112 valence electrons. The van der Waals surface area contributed by atoms with Gasteiger partial charge in [0.1, 0.15) is 6.04 Å². The van der Waals surface area contributed by atoms with E-state index in [1.807, 2.05) is 0 Å². The maximum atomic E-state index is 11.6. The standard InChI is InChI=1S/C15H29NO3/c1-4-10-16-13(15(17)18-3)9-11-19-14-8-6-5-7-12(14)2/h12-14,16H,4-11H2,1-3H3. The smallest absolute Gasteiger partial charge is 0.322 e. The van der Waals surface area contributed by atoms with Crippen LogP contribution in [0.1, 0.15) is 52.4 Å². The third-order valence-electron chi connectivity index (χ3n) is 3.90. The zero-order valence-corrected chi connectivity index (χ0v) is 12.6. The zero-order valence-electron chi connectivity index (χ0n) is 12.6. The summed E-state index contributed by atoms with van der Waals surface area (Å²) >= 11 is 0. The number of rotatable bonds is 8. The first-order chi connectivity index (χ1) is 9.19. The van der Waals surface area contributed by atoms with E-state index in [2.05, 4.69) is 19.2 Å². The highest BCUT2D eigenvalue weighted by molar-refractivity contribution is 5.75. The predicted octanol–water partition coefficient (Wildman–Crippen LogP) is 2.51. The van der Waals surface area contributed by atoms with E-state index < -0.39 is 0 Å². The van der Waals surface area contributed by atoms with Gasteiger partial charge in [-0.05, 0) is 38.1 Å². The molecule has 1 aliphatic rings. The summed E-state index contributed by atoms with van der Waals surface area (Å²) in [6.45, 7) is 5.81. The normalized spacial score (nSPS) is 25.0. The lowest BCUT2D eigenvalue weighted by atomic mass is 9.88. The van der Waals surface area contributed by atoms with Gasteiger partial charge in [0.2, 0.25) is 0 Å². The van der Waals surface area contributed by atoms with Crippen molar-refractivity contribution in [2.24, 2.45) is 5.92 Å². The number of ether oxygens (including phenoxy) is 2. The van der Waals surface area contributed by atoms with Crippen molar-refractivity contribution in [3.8, 4) is 0 Å². The van der Waals surface area contributed by atoms with Crippen LogP contribution < -0.4 is 5.32 Å². The first-order valence-electron chi connectivity index (χ1n) is 7.61. The zero-order chi connectivity index (χ0) is 14.1. The van der Waals surface area contributed by atoms with Crippen LogP contribution in [0.2, 0.25) is 0 Å². The van der Waals surface area contributed by atoms with Gasteiger partial charge in [0.15, 0.2) is 0 Å². The number of methoxy groups -OCH3 is 1. The molecule has 1 saturated carbocycles. The van der Waals surface area contributed by atoms with Gasteiger partial charge in [-0.15, -0.1) is 0 Å². The van der Waals surface area contributed by atoms with Gasteiger partial charge in [-0.2, -0.15) is 0 Å². The van der Waals surface area contributed by atoms with Gasteiger partial charge in [-0.1, -0.05) is 26.7 Å². The lowest BCUT2D eigenvalue weighted by Gasteiger charge is -2.29. The van der Waals surface area contributed by atoms with Crippen molar-refractivity contribution >= 4 is 5.97 Å². The van der Waals surface area contributed by atoms with Crippen LogP contribution in [-0.4, -0.2) is 38.4 Å². The monoisotopic (exact) mass is 271 g/mol. The summed E-state index contributed by atoms with van der Waals surface area (Å²) in [5, 5.41) is 3.21. The van der Waals surface area contributed by atoms with E-state index in [-0.39, 0.29) is 12.0 Å². The van der Waals surface area contributed by atoms with Crippen LogP contribution in [0.15, 0.2) is 0 Å². The van der Waals surface area contributed by atoms with Crippen LogP contribution in [-0.2, 0) is 14.3 Å². The summed E-state index contributed by atoms with van der Waals surface area (Å²) in [4.78, 5) is 11.6. The van der Waals surface area contributed by atoms with E-state index in [0.29, 0.717) is 25.0 Å². The molecule has 0 aromatic heterocycles. The maximum absolute atomic E-state index is 11.6. The Kier molecular flexibility index (Phi) is 8.07. The van der Waals surface area contributed by atoms with Crippen LogP contribution >= 0.6 is 0 Å². The molecule has 0 aromatic rings. The van der Waals surface area contributed by atoms with Crippen molar-refractivity contribution in [3.05, 3.63) is 0 Å². The minimum atomic E-state index is -0.233. The summed E-state index contributed by atoms with van der Waals surface area (Å²) in [5.74, 6) is 0.461. The molecule has 19 heavy (non-hydrogen) atoms. The van der Waals surface area contributed by atoms with E-state index in [1.54, 1.807) is 0 Å². The average molecular weight is 271 g/mol.